The molecule has 0 bridgehead atoms. The third-order valence-corrected chi connectivity index (χ3v) is 5.03. The van der Waals surface area contributed by atoms with Gasteiger partial charge in [-0.2, -0.15) is 0 Å². The van der Waals surface area contributed by atoms with Crippen LogP contribution in [-0.4, -0.2) is 35.5 Å². The highest BCUT2D eigenvalue weighted by Crippen LogP contribution is 2.41. The highest BCUT2D eigenvalue weighted by Gasteiger charge is 2.41. The van der Waals surface area contributed by atoms with Crippen molar-refractivity contribution in [2.45, 2.75) is 24.9 Å². The maximum absolute atomic E-state index is 12.2. The van der Waals surface area contributed by atoms with E-state index in [-0.39, 0.29) is 18.1 Å². The summed E-state index contributed by atoms with van der Waals surface area (Å²) in [4.78, 5) is 17.9. The first-order valence-corrected chi connectivity index (χ1v) is 7.86. The van der Waals surface area contributed by atoms with Crippen LogP contribution in [0.1, 0.15) is 23.7 Å². The molecule has 3 heterocycles. The van der Waals surface area contributed by atoms with Crippen LogP contribution in [0.2, 0.25) is 0 Å². The van der Waals surface area contributed by atoms with E-state index in [9.17, 15) is 4.79 Å². The van der Waals surface area contributed by atoms with Gasteiger partial charge in [-0.3, -0.25) is 9.69 Å². The van der Waals surface area contributed by atoms with Gasteiger partial charge in [0.05, 0.1) is 13.2 Å². The number of halogens is 1. The molecular weight excluding hydrogens is 300 g/mol. The molecule has 1 aromatic heterocycles. The molecule has 4 nitrogen and oxygen atoms in total. The minimum Gasteiger partial charge on any atom is -0.468 e. The van der Waals surface area contributed by atoms with Gasteiger partial charge < -0.3 is 9.72 Å². The highest BCUT2D eigenvalue weighted by molar-refractivity contribution is 6.29. The van der Waals surface area contributed by atoms with Crippen molar-refractivity contribution in [3.05, 3.63) is 46.6 Å². The van der Waals surface area contributed by atoms with Crippen LogP contribution < -0.4 is 0 Å². The van der Waals surface area contributed by atoms with Crippen LogP contribution in [0.3, 0.4) is 0 Å². The van der Waals surface area contributed by atoms with E-state index in [1.54, 1.807) is 0 Å². The van der Waals surface area contributed by atoms with Crippen molar-refractivity contribution in [2.75, 3.05) is 13.7 Å². The Labute approximate surface area is 133 Å². The number of ether oxygens (including phenoxy) is 1. The van der Waals surface area contributed by atoms with Gasteiger partial charge in [0, 0.05) is 34.6 Å². The second-order valence-electron chi connectivity index (χ2n) is 5.85. The van der Waals surface area contributed by atoms with Crippen molar-refractivity contribution in [3.8, 4) is 0 Å². The standard InChI is InChI=1S/C17H17ClN2O2/c1-22-17(21)15-9-12-11-4-2-3-5-13(11)19-16(12)14-8-10(18)6-7-20(14)15/h2-5,8,14-15,19H,6-7,9H2,1H3/t14-,15-/m0/s1. The number of esters is 1. The number of fused-ring (bicyclic) bond motifs is 5. The van der Waals surface area contributed by atoms with Crippen molar-refractivity contribution in [1.29, 1.82) is 0 Å². The lowest BCUT2D eigenvalue weighted by molar-refractivity contribution is -0.148. The molecule has 2 aliphatic rings. The fraction of sp³-hybridized carbons (Fsp3) is 0.353. The van der Waals surface area contributed by atoms with Crippen molar-refractivity contribution >= 4 is 28.5 Å². The van der Waals surface area contributed by atoms with E-state index in [1.807, 2.05) is 18.2 Å². The van der Waals surface area contributed by atoms with Crippen LogP contribution >= 0.6 is 11.6 Å². The van der Waals surface area contributed by atoms with Crippen molar-refractivity contribution in [3.63, 3.8) is 0 Å². The summed E-state index contributed by atoms with van der Waals surface area (Å²) in [5, 5.41) is 2.04. The number of benzene rings is 1. The van der Waals surface area contributed by atoms with E-state index in [1.165, 1.54) is 18.1 Å². The Balaban J connectivity index is 1.91. The minimum atomic E-state index is -0.247. The molecule has 5 heteroatoms. The van der Waals surface area contributed by atoms with E-state index < -0.39 is 0 Å². The van der Waals surface area contributed by atoms with Crippen LogP contribution in [-0.2, 0) is 16.0 Å². The molecule has 0 fully saturated rings. The Morgan fingerprint density at radius 1 is 1.41 bits per heavy atom. The fourth-order valence-corrected chi connectivity index (χ4v) is 3.89. The average molecular weight is 317 g/mol. The normalized spacial score (nSPS) is 24.5. The lowest BCUT2D eigenvalue weighted by atomic mass is 9.89. The number of methoxy groups -OCH3 is 1. The summed E-state index contributed by atoms with van der Waals surface area (Å²) in [7, 11) is 1.45. The molecule has 4 rings (SSSR count). The zero-order chi connectivity index (χ0) is 15.3. The maximum Gasteiger partial charge on any atom is 0.323 e. The van der Waals surface area contributed by atoms with E-state index in [0.29, 0.717) is 6.42 Å². The predicted molar refractivity (Wildman–Crippen MR) is 85.8 cm³/mol. The van der Waals surface area contributed by atoms with Crippen LogP contribution in [0, 0.1) is 0 Å². The third-order valence-electron chi connectivity index (χ3n) is 4.72. The van der Waals surface area contributed by atoms with Gasteiger partial charge in [0.25, 0.3) is 0 Å². The number of hydrogen-bond donors (Lipinski definition) is 1. The Morgan fingerprint density at radius 3 is 3.05 bits per heavy atom. The van der Waals surface area contributed by atoms with Crippen molar-refractivity contribution in [1.82, 2.24) is 9.88 Å². The van der Waals surface area contributed by atoms with Crippen LogP contribution in [0.15, 0.2) is 35.4 Å². The summed E-state index contributed by atoms with van der Waals surface area (Å²) in [6, 6.07) is 7.98. The molecule has 1 N–H and O–H groups in total. The van der Waals surface area contributed by atoms with Crippen LogP contribution in [0.4, 0.5) is 0 Å². The smallest absolute Gasteiger partial charge is 0.323 e. The van der Waals surface area contributed by atoms with E-state index in [0.717, 1.165) is 29.2 Å². The van der Waals surface area contributed by atoms with Crippen LogP contribution in [0.25, 0.3) is 10.9 Å². The lowest BCUT2D eigenvalue weighted by Crippen LogP contribution is -2.49. The minimum absolute atomic E-state index is 0.0153. The Morgan fingerprint density at radius 2 is 2.23 bits per heavy atom. The number of nitrogens with zero attached hydrogens (tertiary/aromatic N) is 1. The number of nitrogens with one attached hydrogen (secondary N) is 1. The van der Waals surface area contributed by atoms with Gasteiger partial charge in [-0.25, -0.2) is 0 Å². The van der Waals surface area contributed by atoms with E-state index in [2.05, 4.69) is 22.0 Å². The number of rotatable bonds is 1. The zero-order valence-corrected chi connectivity index (χ0v) is 13.1. The van der Waals surface area contributed by atoms with Gasteiger partial charge in [0.2, 0.25) is 0 Å². The average Bonchev–Trinajstić information content (AvgIpc) is 2.92. The number of para-hydroxylation sites is 1. The first-order valence-electron chi connectivity index (χ1n) is 7.48. The molecule has 2 aromatic rings. The predicted octanol–water partition coefficient (Wildman–Crippen LogP) is 3.14. The van der Waals surface area contributed by atoms with Gasteiger partial charge in [0.15, 0.2) is 0 Å². The summed E-state index contributed by atoms with van der Waals surface area (Å²) < 4.78 is 5.02. The van der Waals surface area contributed by atoms with Gasteiger partial charge in [-0.1, -0.05) is 29.8 Å². The maximum atomic E-state index is 12.2. The van der Waals surface area contributed by atoms with E-state index >= 15 is 0 Å². The topological polar surface area (TPSA) is 45.3 Å². The molecule has 0 spiro atoms. The second-order valence-corrected chi connectivity index (χ2v) is 6.34. The fourth-order valence-electron chi connectivity index (χ4n) is 3.68. The highest BCUT2D eigenvalue weighted by atomic mass is 35.5. The molecule has 0 radical (unpaired) electrons. The third kappa shape index (κ3) is 1.98. The largest absolute Gasteiger partial charge is 0.468 e. The first kappa shape index (κ1) is 13.9. The summed E-state index contributed by atoms with van der Waals surface area (Å²) in [5.74, 6) is -0.174. The zero-order valence-electron chi connectivity index (χ0n) is 12.3. The Kier molecular flexibility index (Phi) is 3.24. The SMILES string of the molecule is COC(=O)[C@@H]1Cc2c([nH]c3ccccc23)[C@@H]2C=C(Cl)CCN12. The number of aromatic nitrogens is 1. The number of aromatic amines is 1. The molecule has 0 aliphatic carbocycles. The molecule has 2 atom stereocenters. The molecule has 1 aromatic carbocycles. The molecule has 0 saturated heterocycles. The summed E-state index contributed by atoms with van der Waals surface area (Å²) in [6.07, 6.45) is 3.50. The molecule has 22 heavy (non-hydrogen) atoms. The summed E-state index contributed by atoms with van der Waals surface area (Å²) in [6.45, 7) is 0.772. The second kappa shape index (κ2) is 5.14. The lowest BCUT2D eigenvalue weighted by Gasteiger charge is -2.41. The number of carbonyl (C=O) groups is 1. The Hall–Kier alpha value is -1.78. The van der Waals surface area contributed by atoms with Crippen molar-refractivity contribution in [2.24, 2.45) is 0 Å². The molecular formula is C17H17ClN2O2. The molecule has 0 amide bonds. The Bertz CT molecular complexity index is 780. The quantitative estimate of drug-likeness (QED) is 0.822. The molecule has 2 aliphatic heterocycles. The number of carbonyl (C=O) groups excluding carboxylic acids is 1. The van der Waals surface area contributed by atoms with Crippen molar-refractivity contribution < 1.29 is 9.53 Å². The number of hydrogen-bond acceptors (Lipinski definition) is 3. The number of H-pyrrole nitrogens is 1. The first-order chi connectivity index (χ1) is 10.7. The summed E-state index contributed by atoms with van der Waals surface area (Å²) >= 11 is 6.27. The van der Waals surface area contributed by atoms with Gasteiger partial charge >= 0.3 is 5.97 Å². The summed E-state index contributed by atoms with van der Waals surface area (Å²) in [5.41, 5.74) is 3.46. The van der Waals surface area contributed by atoms with Crippen LogP contribution in [0.5, 0.6) is 0 Å². The van der Waals surface area contributed by atoms with Gasteiger partial charge in [-0.15, -0.1) is 0 Å². The molecule has 114 valence electrons. The van der Waals surface area contributed by atoms with Gasteiger partial charge in [0.1, 0.15) is 6.04 Å². The molecule has 0 unspecified atom stereocenters. The van der Waals surface area contributed by atoms with Gasteiger partial charge in [-0.05, 0) is 24.1 Å². The monoisotopic (exact) mass is 316 g/mol. The molecule has 0 saturated carbocycles. The van der Waals surface area contributed by atoms with E-state index in [4.69, 9.17) is 16.3 Å².